The normalized spacial score (nSPS) is 12.0. The van der Waals surface area contributed by atoms with Crippen LogP contribution in [0.4, 0.5) is 0 Å². The van der Waals surface area contributed by atoms with Crippen molar-refractivity contribution in [3.05, 3.63) is 17.0 Å². The summed E-state index contributed by atoms with van der Waals surface area (Å²) in [6.07, 6.45) is 0. The molecule has 88 valence electrons. The van der Waals surface area contributed by atoms with Gasteiger partial charge in [-0.25, -0.2) is 4.79 Å². The Bertz CT molecular complexity index is 392. The van der Waals surface area contributed by atoms with Crippen LogP contribution in [-0.2, 0) is 14.3 Å². The van der Waals surface area contributed by atoms with Crippen LogP contribution < -0.4 is 5.32 Å². The number of nitrogens with one attached hydrogen (secondary N) is 2. The van der Waals surface area contributed by atoms with Crippen molar-refractivity contribution in [3.63, 3.8) is 0 Å². The van der Waals surface area contributed by atoms with Crippen LogP contribution in [0, 0.1) is 13.8 Å². The zero-order valence-electron chi connectivity index (χ0n) is 9.75. The van der Waals surface area contributed by atoms with Crippen molar-refractivity contribution in [1.82, 2.24) is 15.5 Å². The largest absolute Gasteiger partial charge is 0.467 e. The van der Waals surface area contributed by atoms with Crippen molar-refractivity contribution < 1.29 is 14.3 Å². The van der Waals surface area contributed by atoms with Crippen LogP contribution in [0.1, 0.15) is 29.9 Å². The first-order chi connectivity index (χ1) is 7.47. The molecule has 6 nitrogen and oxygen atoms in total. The van der Waals surface area contributed by atoms with Gasteiger partial charge in [-0.3, -0.25) is 9.89 Å². The van der Waals surface area contributed by atoms with Gasteiger partial charge in [-0.15, -0.1) is 0 Å². The molecule has 1 atom stereocenters. The molecule has 0 aromatic carbocycles. The first-order valence-electron chi connectivity index (χ1n) is 4.83. The standard InChI is InChI=1S/C10H15N3O3/c1-5-8(6(2)13-12-5)9(10(15)16-4)11-7(3)14/h9H,1-4H3,(H,11,14)(H,12,13). The summed E-state index contributed by atoms with van der Waals surface area (Å²) in [7, 11) is 1.28. The van der Waals surface area contributed by atoms with Gasteiger partial charge in [-0.2, -0.15) is 5.10 Å². The number of aryl methyl sites for hydroxylation is 2. The number of aromatic nitrogens is 2. The minimum Gasteiger partial charge on any atom is -0.467 e. The van der Waals surface area contributed by atoms with Crippen molar-refractivity contribution in [1.29, 1.82) is 0 Å². The van der Waals surface area contributed by atoms with Gasteiger partial charge in [0.05, 0.1) is 12.8 Å². The first-order valence-corrected chi connectivity index (χ1v) is 4.83. The van der Waals surface area contributed by atoms with Gasteiger partial charge >= 0.3 is 5.97 Å². The molecule has 1 amide bonds. The molecule has 6 heteroatoms. The molecule has 0 saturated heterocycles. The molecular formula is C10H15N3O3. The molecule has 0 fully saturated rings. The summed E-state index contributed by atoms with van der Waals surface area (Å²) in [4.78, 5) is 22.6. The molecule has 0 aliphatic carbocycles. The number of ether oxygens (including phenoxy) is 1. The second-order valence-corrected chi connectivity index (χ2v) is 3.50. The maximum atomic E-state index is 11.6. The Kier molecular flexibility index (Phi) is 3.65. The molecule has 1 aromatic rings. The fourth-order valence-corrected chi connectivity index (χ4v) is 1.55. The van der Waals surface area contributed by atoms with Gasteiger partial charge < -0.3 is 10.1 Å². The van der Waals surface area contributed by atoms with E-state index in [1.54, 1.807) is 13.8 Å². The highest BCUT2D eigenvalue weighted by Crippen LogP contribution is 2.20. The van der Waals surface area contributed by atoms with E-state index in [0.29, 0.717) is 11.3 Å². The average molecular weight is 225 g/mol. The van der Waals surface area contributed by atoms with Crippen molar-refractivity contribution in [2.45, 2.75) is 26.8 Å². The molecule has 0 radical (unpaired) electrons. The highest BCUT2D eigenvalue weighted by atomic mass is 16.5. The van der Waals surface area contributed by atoms with Gasteiger partial charge in [0.25, 0.3) is 0 Å². The zero-order valence-corrected chi connectivity index (χ0v) is 9.75. The van der Waals surface area contributed by atoms with E-state index in [2.05, 4.69) is 20.3 Å². The van der Waals surface area contributed by atoms with Crippen LogP contribution in [0.3, 0.4) is 0 Å². The number of esters is 1. The molecular weight excluding hydrogens is 210 g/mol. The Hall–Kier alpha value is -1.85. The summed E-state index contributed by atoms with van der Waals surface area (Å²) in [5.41, 5.74) is 2.06. The molecule has 0 spiro atoms. The number of carbonyl (C=O) groups excluding carboxylic acids is 2. The molecule has 2 N–H and O–H groups in total. The summed E-state index contributed by atoms with van der Waals surface area (Å²) < 4.78 is 4.65. The summed E-state index contributed by atoms with van der Waals surface area (Å²) in [5.74, 6) is -0.807. The second kappa shape index (κ2) is 4.78. The quantitative estimate of drug-likeness (QED) is 0.728. The number of carbonyl (C=O) groups is 2. The van der Waals surface area contributed by atoms with Crippen molar-refractivity contribution in [3.8, 4) is 0 Å². The van der Waals surface area contributed by atoms with E-state index in [0.717, 1.165) is 5.69 Å². The van der Waals surface area contributed by atoms with Crippen molar-refractivity contribution in [2.75, 3.05) is 7.11 Å². The Morgan fingerprint density at radius 2 is 2.06 bits per heavy atom. The average Bonchev–Trinajstić information content (AvgIpc) is 2.54. The van der Waals surface area contributed by atoms with Crippen LogP contribution in [0.5, 0.6) is 0 Å². The third-order valence-corrected chi connectivity index (χ3v) is 2.26. The van der Waals surface area contributed by atoms with Gasteiger partial charge in [0, 0.05) is 18.2 Å². The molecule has 0 saturated carbocycles. The number of hydrogen-bond donors (Lipinski definition) is 2. The fourth-order valence-electron chi connectivity index (χ4n) is 1.55. The van der Waals surface area contributed by atoms with E-state index < -0.39 is 12.0 Å². The Morgan fingerprint density at radius 3 is 2.44 bits per heavy atom. The topological polar surface area (TPSA) is 84.1 Å². The molecule has 16 heavy (non-hydrogen) atoms. The summed E-state index contributed by atoms with van der Waals surface area (Å²) in [5, 5.41) is 9.28. The summed E-state index contributed by atoms with van der Waals surface area (Å²) >= 11 is 0. The minimum atomic E-state index is -0.804. The molecule has 0 bridgehead atoms. The highest BCUT2D eigenvalue weighted by molar-refractivity contribution is 5.84. The molecule has 0 aliphatic heterocycles. The summed E-state index contributed by atoms with van der Waals surface area (Å²) in [6, 6.07) is -0.804. The predicted molar refractivity (Wildman–Crippen MR) is 56.6 cm³/mol. The van der Waals surface area contributed by atoms with Crippen molar-refractivity contribution >= 4 is 11.9 Å². The molecule has 1 aromatic heterocycles. The molecule has 1 rings (SSSR count). The fraction of sp³-hybridized carbons (Fsp3) is 0.500. The lowest BCUT2D eigenvalue weighted by Gasteiger charge is -2.15. The molecule has 0 aliphatic rings. The monoisotopic (exact) mass is 225 g/mol. The lowest BCUT2D eigenvalue weighted by atomic mass is 10.1. The Morgan fingerprint density at radius 1 is 1.44 bits per heavy atom. The lowest BCUT2D eigenvalue weighted by Crippen LogP contribution is -2.33. The minimum absolute atomic E-state index is 0.296. The number of rotatable bonds is 3. The van der Waals surface area contributed by atoms with Crippen molar-refractivity contribution in [2.24, 2.45) is 0 Å². The van der Waals surface area contributed by atoms with Crippen LogP contribution in [-0.4, -0.2) is 29.2 Å². The van der Waals surface area contributed by atoms with Gasteiger partial charge in [-0.1, -0.05) is 0 Å². The first kappa shape index (κ1) is 12.2. The number of amides is 1. The third-order valence-electron chi connectivity index (χ3n) is 2.26. The highest BCUT2D eigenvalue weighted by Gasteiger charge is 2.27. The van der Waals surface area contributed by atoms with Gasteiger partial charge in [0.15, 0.2) is 6.04 Å². The van der Waals surface area contributed by atoms with E-state index in [9.17, 15) is 9.59 Å². The maximum Gasteiger partial charge on any atom is 0.333 e. The van der Waals surface area contributed by atoms with Crippen LogP contribution >= 0.6 is 0 Å². The van der Waals surface area contributed by atoms with Crippen LogP contribution in [0.25, 0.3) is 0 Å². The smallest absolute Gasteiger partial charge is 0.333 e. The van der Waals surface area contributed by atoms with Crippen LogP contribution in [0.2, 0.25) is 0 Å². The van der Waals surface area contributed by atoms with E-state index in [1.165, 1.54) is 14.0 Å². The maximum absolute atomic E-state index is 11.6. The number of methoxy groups -OCH3 is 1. The van der Waals surface area contributed by atoms with E-state index in [-0.39, 0.29) is 5.91 Å². The van der Waals surface area contributed by atoms with Crippen LogP contribution in [0.15, 0.2) is 0 Å². The number of hydrogen-bond acceptors (Lipinski definition) is 4. The Labute approximate surface area is 93.4 Å². The summed E-state index contributed by atoms with van der Waals surface area (Å²) in [6.45, 7) is 4.89. The number of nitrogens with zero attached hydrogens (tertiary/aromatic N) is 1. The van der Waals surface area contributed by atoms with E-state index >= 15 is 0 Å². The number of aromatic amines is 1. The predicted octanol–water partition coefficient (Wildman–Crippen LogP) is 0.377. The van der Waals surface area contributed by atoms with Gasteiger partial charge in [0.2, 0.25) is 5.91 Å². The zero-order chi connectivity index (χ0) is 12.3. The molecule has 1 heterocycles. The van der Waals surface area contributed by atoms with Gasteiger partial charge in [-0.05, 0) is 13.8 Å². The lowest BCUT2D eigenvalue weighted by molar-refractivity contribution is -0.145. The molecule has 1 unspecified atom stereocenters. The van der Waals surface area contributed by atoms with E-state index in [4.69, 9.17) is 0 Å². The third kappa shape index (κ3) is 2.39. The SMILES string of the molecule is COC(=O)C(NC(C)=O)c1c(C)n[nH]c1C. The second-order valence-electron chi connectivity index (χ2n) is 3.50. The van der Waals surface area contributed by atoms with E-state index in [1.807, 2.05) is 0 Å². The Balaban J connectivity index is 3.10. The number of H-pyrrole nitrogens is 1. The van der Waals surface area contributed by atoms with Gasteiger partial charge in [0.1, 0.15) is 0 Å².